The second-order valence-corrected chi connectivity index (χ2v) is 5.75. The van der Waals surface area contributed by atoms with Gasteiger partial charge in [0.05, 0.1) is 6.54 Å². The molecule has 0 bridgehead atoms. The SMILES string of the molecule is CN(C)C(=NCc1ccccc1)NCc1cccnc1N(C)C.I. The molecule has 2 aromatic rings. The molecule has 24 heavy (non-hydrogen) atoms. The molecule has 0 saturated heterocycles. The van der Waals surface area contributed by atoms with Gasteiger partial charge in [0.25, 0.3) is 0 Å². The van der Waals surface area contributed by atoms with Crippen LogP contribution in [0.4, 0.5) is 5.82 Å². The number of guanidine groups is 1. The summed E-state index contributed by atoms with van der Waals surface area (Å²) in [5, 5.41) is 3.41. The summed E-state index contributed by atoms with van der Waals surface area (Å²) in [6, 6.07) is 14.3. The highest BCUT2D eigenvalue weighted by Crippen LogP contribution is 2.13. The molecule has 0 unspecified atom stereocenters. The summed E-state index contributed by atoms with van der Waals surface area (Å²) in [6.07, 6.45) is 1.81. The zero-order valence-electron chi connectivity index (χ0n) is 14.7. The van der Waals surface area contributed by atoms with E-state index in [1.807, 2.05) is 68.5 Å². The molecule has 130 valence electrons. The first-order valence-corrected chi connectivity index (χ1v) is 7.68. The van der Waals surface area contributed by atoms with Crippen LogP contribution in [0.5, 0.6) is 0 Å². The molecule has 1 aromatic carbocycles. The lowest BCUT2D eigenvalue weighted by atomic mass is 10.2. The minimum atomic E-state index is 0. The van der Waals surface area contributed by atoms with Gasteiger partial charge < -0.3 is 15.1 Å². The van der Waals surface area contributed by atoms with E-state index in [9.17, 15) is 0 Å². The van der Waals surface area contributed by atoms with Crippen LogP contribution in [0.1, 0.15) is 11.1 Å². The Kier molecular flexibility index (Phi) is 8.53. The molecule has 0 saturated carbocycles. The van der Waals surface area contributed by atoms with E-state index >= 15 is 0 Å². The molecule has 1 heterocycles. The lowest BCUT2D eigenvalue weighted by Crippen LogP contribution is -2.36. The Balaban J connectivity index is 0.00000288. The number of rotatable bonds is 5. The fraction of sp³-hybridized carbons (Fsp3) is 0.333. The monoisotopic (exact) mass is 439 g/mol. The van der Waals surface area contributed by atoms with Crippen LogP contribution >= 0.6 is 24.0 Å². The van der Waals surface area contributed by atoms with Gasteiger partial charge in [-0.2, -0.15) is 0 Å². The Morgan fingerprint density at radius 2 is 1.75 bits per heavy atom. The van der Waals surface area contributed by atoms with Gasteiger partial charge in [0, 0.05) is 46.5 Å². The summed E-state index contributed by atoms with van der Waals surface area (Å²) in [7, 11) is 7.99. The number of nitrogens with zero attached hydrogens (tertiary/aromatic N) is 4. The lowest BCUT2D eigenvalue weighted by molar-refractivity contribution is 0.578. The third kappa shape index (κ3) is 5.99. The maximum atomic E-state index is 4.68. The molecule has 5 nitrogen and oxygen atoms in total. The largest absolute Gasteiger partial charge is 0.362 e. The van der Waals surface area contributed by atoms with E-state index < -0.39 is 0 Å². The highest BCUT2D eigenvalue weighted by Gasteiger charge is 2.07. The predicted molar refractivity (Wildman–Crippen MR) is 112 cm³/mol. The Hall–Kier alpha value is -1.83. The van der Waals surface area contributed by atoms with Gasteiger partial charge in [-0.1, -0.05) is 36.4 Å². The van der Waals surface area contributed by atoms with Crippen molar-refractivity contribution >= 4 is 35.8 Å². The summed E-state index contributed by atoms with van der Waals surface area (Å²) in [4.78, 5) is 13.1. The normalized spacial score (nSPS) is 10.8. The van der Waals surface area contributed by atoms with Crippen molar-refractivity contribution in [3.05, 3.63) is 59.8 Å². The molecule has 0 amide bonds. The van der Waals surface area contributed by atoms with E-state index in [1.165, 1.54) is 5.56 Å². The molecule has 2 rings (SSSR count). The molecule has 0 aliphatic heterocycles. The van der Waals surface area contributed by atoms with E-state index in [1.54, 1.807) is 0 Å². The van der Waals surface area contributed by atoms with Crippen LogP contribution in [-0.2, 0) is 13.1 Å². The van der Waals surface area contributed by atoms with Crippen LogP contribution in [0, 0.1) is 0 Å². The van der Waals surface area contributed by atoms with Gasteiger partial charge in [0.15, 0.2) is 5.96 Å². The molecule has 1 aromatic heterocycles. The van der Waals surface area contributed by atoms with Gasteiger partial charge >= 0.3 is 0 Å². The molecule has 6 heteroatoms. The molecule has 0 fully saturated rings. The highest BCUT2D eigenvalue weighted by atomic mass is 127. The standard InChI is InChI=1S/C18H25N5.HI/c1-22(2)17-16(11-8-12-19-17)14-21-18(23(3)4)20-13-15-9-6-5-7-10-15;/h5-12H,13-14H2,1-4H3,(H,20,21);1H. The second-order valence-electron chi connectivity index (χ2n) is 5.75. The molecular formula is C18H26IN5. The Bertz CT molecular complexity index is 641. The number of hydrogen-bond donors (Lipinski definition) is 1. The van der Waals surface area contributed by atoms with E-state index in [-0.39, 0.29) is 24.0 Å². The zero-order valence-corrected chi connectivity index (χ0v) is 17.1. The number of pyridine rings is 1. The summed E-state index contributed by atoms with van der Waals surface area (Å²) < 4.78 is 0. The number of hydrogen-bond acceptors (Lipinski definition) is 3. The van der Waals surface area contributed by atoms with Crippen molar-refractivity contribution in [2.75, 3.05) is 33.1 Å². The summed E-state index contributed by atoms with van der Waals surface area (Å²) in [5.41, 5.74) is 2.34. The van der Waals surface area contributed by atoms with Crippen LogP contribution in [0.25, 0.3) is 0 Å². The van der Waals surface area contributed by atoms with Crippen LogP contribution in [0.15, 0.2) is 53.7 Å². The van der Waals surface area contributed by atoms with Gasteiger partial charge in [-0.3, -0.25) is 0 Å². The van der Waals surface area contributed by atoms with Crippen molar-refractivity contribution in [3.63, 3.8) is 0 Å². The van der Waals surface area contributed by atoms with Crippen LogP contribution in [0.2, 0.25) is 0 Å². The third-order valence-corrected chi connectivity index (χ3v) is 3.41. The van der Waals surface area contributed by atoms with E-state index in [2.05, 4.69) is 33.5 Å². The maximum absolute atomic E-state index is 4.68. The number of nitrogens with one attached hydrogen (secondary N) is 1. The van der Waals surface area contributed by atoms with Crippen molar-refractivity contribution in [1.82, 2.24) is 15.2 Å². The fourth-order valence-electron chi connectivity index (χ4n) is 2.25. The van der Waals surface area contributed by atoms with Crippen molar-refractivity contribution in [1.29, 1.82) is 0 Å². The van der Waals surface area contributed by atoms with Crippen molar-refractivity contribution in [3.8, 4) is 0 Å². The minimum absolute atomic E-state index is 0. The average molecular weight is 439 g/mol. The average Bonchev–Trinajstić information content (AvgIpc) is 2.55. The molecule has 0 radical (unpaired) electrons. The number of halogens is 1. The summed E-state index contributed by atoms with van der Waals surface area (Å²) >= 11 is 0. The summed E-state index contributed by atoms with van der Waals surface area (Å²) in [6.45, 7) is 1.35. The Labute approximate surface area is 161 Å². The first-order chi connectivity index (χ1) is 11.1. The third-order valence-electron chi connectivity index (χ3n) is 3.41. The van der Waals surface area contributed by atoms with Crippen LogP contribution in [-0.4, -0.2) is 44.0 Å². The quantitative estimate of drug-likeness (QED) is 0.442. The first kappa shape index (κ1) is 20.2. The molecule has 0 atom stereocenters. The number of aromatic nitrogens is 1. The number of aliphatic imine (C=N–C) groups is 1. The maximum Gasteiger partial charge on any atom is 0.194 e. The molecular weight excluding hydrogens is 413 g/mol. The Morgan fingerprint density at radius 3 is 2.38 bits per heavy atom. The first-order valence-electron chi connectivity index (χ1n) is 7.68. The van der Waals surface area contributed by atoms with Crippen molar-refractivity contribution in [2.45, 2.75) is 13.1 Å². The topological polar surface area (TPSA) is 43.8 Å². The van der Waals surface area contributed by atoms with Crippen molar-refractivity contribution < 1.29 is 0 Å². The van der Waals surface area contributed by atoms with Gasteiger partial charge in [0.1, 0.15) is 5.82 Å². The predicted octanol–water partition coefficient (Wildman–Crippen LogP) is 2.97. The van der Waals surface area contributed by atoms with Crippen LogP contribution < -0.4 is 10.2 Å². The van der Waals surface area contributed by atoms with Gasteiger partial charge in [-0.05, 0) is 11.6 Å². The van der Waals surface area contributed by atoms with E-state index in [0.717, 1.165) is 17.3 Å². The highest BCUT2D eigenvalue weighted by molar-refractivity contribution is 14.0. The van der Waals surface area contributed by atoms with Crippen LogP contribution in [0.3, 0.4) is 0 Å². The molecule has 0 spiro atoms. The van der Waals surface area contributed by atoms with Gasteiger partial charge in [-0.25, -0.2) is 9.98 Å². The summed E-state index contributed by atoms with van der Waals surface area (Å²) in [5.74, 6) is 1.84. The van der Waals surface area contributed by atoms with Gasteiger partial charge in [0.2, 0.25) is 0 Å². The van der Waals surface area contributed by atoms with Crippen molar-refractivity contribution in [2.24, 2.45) is 4.99 Å². The molecule has 0 aliphatic carbocycles. The molecule has 0 aliphatic rings. The lowest BCUT2D eigenvalue weighted by Gasteiger charge is -2.20. The molecule has 1 N–H and O–H groups in total. The van der Waals surface area contributed by atoms with Gasteiger partial charge in [-0.15, -0.1) is 24.0 Å². The smallest absolute Gasteiger partial charge is 0.194 e. The van der Waals surface area contributed by atoms with E-state index in [4.69, 9.17) is 0 Å². The second kappa shape index (κ2) is 10.1. The fourth-order valence-corrected chi connectivity index (χ4v) is 2.25. The Morgan fingerprint density at radius 1 is 1.04 bits per heavy atom. The zero-order chi connectivity index (χ0) is 16.7. The minimum Gasteiger partial charge on any atom is -0.362 e. The number of benzene rings is 1. The number of anilines is 1. The van der Waals surface area contributed by atoms with E-state index in [0.29, 0.717) is 13.1 Å².